The van der Waals surface area contributed by atoms with Gasteiger partial charge in [0.1, 0.15) is 0 Å². The first kappa shape index (κ1) is 9.35. The average molecular weight is 231 g/mol. The van der Waals surface area contributed by atoms with Crippen LogP contribution >= 0.6 is 11.3 Å². The molecule has 5 heteroatoms. The molecule has 0 bridgehead atoms. The number of hydrogen-bond donors (Lipinski definition) is 1. The molecular formula is C11H9N3OS. The van der Waals surface area contributed by atoms with Gasteiger partial charge in [-0.05, 0) is 12.1 Å². The molecule has 80 valence electrons. The van der Waals surface area contributed by atoms with Crippen LogP contribution < -0.4 is 4.74 Å². The van der Waals surface area contributed by atoms with Crippen molar-refractivity contribution >= 4 is 22.4 Å². The summed E-state index contributed by atoms with van der Waals surface area (Å²) in [6.07, 6.45) is 1.69. The lowest BCUT2D eigenvalue weighted by Crippen LogP contribution is -1.82. The van der Waals surface area contributed by atoms with Crippen molar-refractivity contribution in [2.24, 2.45) is 0 Å². The van der Waals surface area contributed by atoms with E-state index in [9.17, 15) is 0 Å². The molecule has 0 aliphatic rings. The monoisotopic (exact) mass is 231 g/mol. The molecule has 3 aromatic rings. The van der Waals surface area contributed by atoms with Crippen molar-refractivity contribution in [2.75, 3.05) is 7.11 Å². The fraction of sp³-hybridized carbons (Fsp3) is 0.0909. The molecular weight excluding hydrogens is 222 g/mol. The number of methoxy groups -OCH3 is 1. The number of thiazole rings is 1. The van der Waals surface area contributed by atoms with Crippen LogP contribution in [-0.2, 0) is 0 Å². The number of fused-ring (bicyclic) bond motifs is 1. The highest BCUT2D eigenvalue weighted by Crippen LogP contribution is 2.27. The van der Waals surface area contributed by atoms with Gasteiger partial charge in [-0.25, -0.2) is 9.97 Å². The van der Waals surface area contributed by atoms with Crippen molar-refractivity contribution in [1.82, 2.24) is 15.0 Å². The van der Waals surface area contributed by atoms with Gasteiger partial charge in [0.2, 0.25) is 0 Å². The molecule has 1 N–H and O–H groups in total. The highest BCUT2D eigenvalue weighted by atomic mass is 32.1. The molecule has 2 aromatic heterocycles. The summed E-state index contributed by atoms with van der Waals surface area (Å²) >= 11 is 1.49. The van der Waals surface area contributed by atoms with Crippen LogP contribution in [0.5, 0.6) is 5.19 Å². The van der Waals surface area contributed by atoms with E-state index in [4.69, 9.17) is 4.74 Å². The van der Waals surface area contributed by atoms with Crippen molar-refractivity contribution in [3.8, 4) is 16.5 Å². The number of aromatic amines is 1. The first-order valence-electron chi connectivity index (χ1n) is 4.80. The SMILES string of the molecule is COc1nc(-c2ccc3nc[nH]c3c2)cs1. The van der Waals surface area contributed by atoms with Gasteiger partial charge in [-0.1, -0.05) is 17.4 Å². The molecule has 0 spiro atoms. The highest BCUT2D eigenvalue weighted by Gasteiger charge is 2.05. The zero-order chi connectivity index (χ0) is 11.0. The summed E-state index contributed by atoms with van der Waals surface area (Å²) in [5, 5.41) is 2.66. The Morgan fingerprint density at radius 2 is 2.31 bits per heavy atom. The maximum absolute atomic E-state index is 5.08. The van der Waals surface area contributed by atoms with Gasteiger partial charge in [0.25, 0.3) is 5.19 Å². The summed E-state index contributed by atoms with van der Waals surface area (Å²) in [4.78, 5) is 11.6. The van der Waals surface area contributed by atoms with Crippen molar-refractivity contribution in [1.29, 1.82) is 0 Å². The van der Waals surface area contributed by atoms with E-state index in [0.29, 0.717) is 5.19 Å². The number of hydrogen-bond acceptors (Lipinski definition) is 4. The van der Waals surface area contributed by atoms with E-state index in [1.807, 2.05) is 23.6 Å². The minimum Gasteiger partial charge on any atom is -0.473 e. The number of benzene rings is 1. The number of H-pyrrole nitrogens is 1. The zero-order valence-corrected chi connectivity index (χ0v) is 9.41. The summed E-state index contributed by atoms with van der Waals surface area (Å²) < 4.78 is 5.08. The minimum absolute atomic E-state index is 0.680. The van der Waals surface area contributed by atoms with Crippen molar-refractivity contribution in [2.45, 2.75) is 0 Å². The van der Waals surface area contributed by atoms with Gasteiger partial charge >= 0.3 is 0 Å². The first-order chi connectivity index (χ1) is 7.86. The Morgan fingerprint density at radius 1 is 1.38 bits per heavy atom. The summed E-state index contributed by atoms with van der Waals surface area (Å²) in [6.45, 7) is 0. The predicted molar refractivity (Wildman–Crippen MR) is 63.8 cm³/mol. The molecule has 1 aromatic carbocycles. The minimum atomic E-state index is 0.680. The highest BCUT2D eigenvalue weighted by molar-refractivity contribution is 7.11. The molecule has 0 saturated heterocycles. The van der Waals surface area contributed by atoms with E-state index in [-0.39, 0.29) is 0 Å². The Morgan fingerprint density at radius 3 is 3.12 bits per heavy atom. The van der Waals surface area contributed by atoms with E-state index in [2.05, 4.69) is 15.0 Å². The molecule has 2 heterocycles. The van der Waals surface area contributed by atoms with Crippen molar-refractivity contribution in [3.63, 3.8) is 0 Å². The molecule has 0 aliphatic carbocycles. The Balaban J connectivity index is 2.10. The Hall–Kier alpha value is -1.88. The number of rotatable bonds is 2. The number of imidazole rings is 1. The fourth-order valence-electron chi connectivity index (χ4n) is 1.58. The lowest BCUT2D eigenvalue weighted by atomic mass is 10.1. The third-order valence-electron chi connectivity index (χ3n) is 2.37. The molecule has 0 unspecified atom stereocenters. The van der Waals surface area contributed by atoms with Crippen LogP contribution in [-0.4, -0.2) is 22.1 Å². The normalized spacial score (nSPS) is 10.8. The van der Waals surface area contributed by atoms with Crippen LogP contribution in [0.25, 0.3) is 22.3 Å². The summed E-state index contributed by atoms with van der Waals surface area (Å²) in [6, 6.07) is 6.03. The predicted octanol–water partition coefficient (Wildman–Crippen LogP) is 2.70. The van der Waals surface area contributed by atoms with Gasteiger partial charge in [0.05, 0.1) is 30.2 Å². The van der Waals surface area contributed by atoms with E-state index in [0.717, 1.165) is 22.3 Å². The molecule has 4 nitrogen and oxygen atoms in total. The van der Waals surface area contributed by atoms with Gasteiger partial charge < -0.3 is 9.72 Å². The summed E-state index contributed by atoms with van der Waals surface area (Å²) in [5.41, 5.74) is 3.98. The van der Waals surface area contributed by atoms with Gasteiger partial charge in [-0.3, -0.25) is 0 Å². The Bertz CT molecular complexity index is 629. The second-order valence-electron chi connectivity index (χ2n) is 3.34. The quantitative estimate of drug-likeness (QED) is 0.737. The lowest BCUT2D eigenvalue weighted by Gasteiger charge is -1.96. The Kier molecular flexibility index (Phi) is 2.11. The second kappa shape index (κ2) is 3.61. The number of nitrogens with zero attached hydrogens (tertiary/aromatic N) is 2. The number of nitrogens with one attached hydrogen (secondary N) is 1. The van der Waals surface area contributed by atoms with Gasteiger partial charge in [-0.2, -0.15) is 0 Å². The van der Waals surface area contributed by atoms with Gasteiger partial charge in [0.15, 0.2) is 0 Å². The zero-order valence-electron chi connectivity index (χ0n) is 8.60. The molecule has 16 heavy (non-hydrogen) atoms. The number of aromatic nitrogens is 3. The molecule has 0 fully saturated rings. The van der Waals surface area contributed by atoms with Crippen LogP contribution in [0, 0.1) is 0 Å². The maximum atomic E-state index is 5.08. The first-order valence-corrected chi connectivity index (χ1v) is 5.68. The topological polar surface area (TPSA) is 50.8 Å². The van der Waals surface area contributed by atoms with Crippen LogP contribution in [0.2, 0.25) is 0 Å². The fourth-order valence-corrected chi connectivity index (χ4v) is 2.23. The molecule has 0 amide bonds. The molecule has 3 rings (SSSR count). The summed E-state index contributed by atoms with van der Waals surface area (Å²) in [5.74, 6) is 0. The maximum Gasteiger partial charge on any atom is 0.273 e. The van der Waals surface area contributed by atoms with E-state index in [1.165, 1.54) is 11.3 Å². The molecule has 0 radical (unpaired) electrons. The lowest BCUT2D eigenvalue weighted by molar-refractivity contribution is 0.412. The van der Waals surface area contributed by atoms with Crippen LogP contribution in [0.1, 0.15) is 0 Å². The van der Waals surface area contributed by atoms with E-state index in [1.54, 1.807) is 13.4 Å². The third-order valence-corrected chi connectivity index (χ3v) is 3.17. The Labute approximate surface area is 95.9 Å². The smallest absolute Gasteiger partial charge is 0.273 e. The molecule has 0 saturated carbocycles. The van der Waals surface area contributed by atoms with Gasteiger partial charge in [0, 0.05) is 10.9 Å². The standard InChI is InChI=1S/C11H9N3OS/c1-15-11-14-10(5-16-11)7-2-3-8-9(4-7)13-6-12-8/h2-6H,1H3,(H,12,13). The third kappa shape index (κ3) is 1.45. The van der Waals surface area contributed by atoms with Crippen LogP contribution in [0.3, 0.4) is 0 Å². The van der Waals surface area contributed by atoms with Gasteiger partial charge in [-0.15, -0.1) is 0 Å². The number of ether oxygens (including phenoxy) is 1. The van der Waals surface area contributed by atoms with E-state index >= 15 is 0 Å². The van der Waals surface area contributed by atoms with E-state index < -0.39 is 0 Å². The second-order valence-corrected chi connectivity index (χ2v) is 4.16. The molecule has 0 atom stereocenters. The van der Waals surface area contributed by atoms with Crippen LogP contribution in [0.15, 0.2) is 29.9 Å². The van der Waals surface area contributed by atoms with Crippen molar-refractivity contribution < 1.29 is 4.74 Å². The van der Waals surface area contributed by atoms with Crippen molar-refractivity contribution in [3.05, 3.63) is 29.9 Å². The average Bonchev–Trinajstić information content (AvgIpc) is 2.96. The molecule has 0 aliphatic heterocycles. The van der Waals surface area contributed by atoms with Crippen LogP contribution in [0.4, 0.5) is 0 Å². The largest absolute Gasteiger partial charge is 0.473 e. The summed E-state index contributed by atoms with van der Waals surface area (Å²) in [7, 11) is 1.63.